The minimum atomic E-state index is -0.250. The highest BCUT2D eigenvalue weighted by Crippen LogP contribution is 2.22. The molecule has 0 atom stereocenters. The van der Waals surface area contributed by atoms with E-state index in [1.165, 1.54) is 6.42 Å². The molecule has 0 radical (unpaired) electrons. The van der Waals surface area contributed by atoms with Crippen LogP contribution in [0.2, 0.25) is 5.02 Å². The molecule has 18 heavy (non-hydrogen) atoms. The first-order valence-corrected chi connectivity index (χ1v) is 6.52. The fourth-order valence-electron chi connectivity index (χ4n) is 1.73. The molecule has 0 spiro atoms. The quantitative estimate of drug-likeness (QED) is 0.747. The molecule has 0 aromatic heterocycles. The molecule has 96 valence electrons. The van der Waals surface area contributed by atoms with Gasteiger partial charge in [-0.1, -0.05) is 23.8 Å². The lowest BCUT2D eigenvalue weighted by Crippen LogP contribution is -2.42. The van der Waals surface area contributed by atoms with Crippen molar-refractivity contribution in [3.05, 3.63) is 28.8 Å². The maximum atomic E-state index is 11.8. The van der Waals surface area contributed by atoms with Gasteiger partial charge in [-0.2, -0.15) is 0 Å². The van der Waals surface area contributed by atoms with Gasteiger partial charge in [0, 0.05) is 16.6 Å². The minimum absolute atomic E-state index is 0.227. The van der Waals surface area contributed by atoms with Gasteiger partial charge in [0.05, 0.1) is 5.69 Å². The van der Waals surface area contributed by atoms with Gasteiger partial charge in [0.1, 0.15) is 4.99 Å². The van der Waals surface area contributed by atoms with E-state index < -0.39 is 0 Å². The number of nitrogens with one attached hydrogen (secondary N) is 2. The molecule has 0 heterocycles. The monoisotopic (exact) mass is 283 g/mol. The van der Waals surface area contributed by atoms with Gasteiger partial charge in [-0.05, 0) is 37.5 Å². The van der Waals surface area contributed by atoms with E-state index in [0.29, 0.717) is 16.3 Å². The number of carbonyl (C=O) groups is 1. The number of rotatable bonds is 3. The Morgan fingerprint density at radius 2 is 2.17 bits per heavy atom. The van der Waals surface area contributed by atoms with E-state index in [1.54, 1.807) is 18.2 Å². The van der Waals surface area contributed by atoms with Crippen molar-refractivity contribution >= 4 is 40.5 Å². The van der Waals surface area contributed by atoms with E-state index in [2.05, 4.69) is 10.6 Å². The molecule has 0 bridgehead atoms. The predicted octanol–water partition coefficient (Wildman–Crippen LogP) is 2.65. The summed E-state index contributed by atoms with van der Waals surface area (Å²) in [5.74, 6) is 0. The zero-order chi connectivity index (χ0) is 13.1. The lowest BCUT2D eigenvalue weighted by Gasteiger charge is -2.26. The second-order valence-electron chi connectivity index (χ2n) is 4.28. The second kappa shape index (κ2) is 5.54. The average Bonchev–Trinajstić information content (AvgIpc) is 2.23. The van der Waals surface area contributed by atoms with Gasteiger partial charge in [-0.25, -0.2) is 4.79 Å². The lowest BCUT2D eigenvalue weighted by atomic mass is 9.93. The highest BCUT2D eigenvalue weighted by molar-refractivity contribution is 7.80. The van der Waals surface area contributed by atoms with Crippen molar-refractivity contribution < 1.29 is 4.79 Å². The number of halogens is 1. The first-order valence-electron chi connectivity index (χ1n) is 5.73. The van der Waals surface area contributed by atoms with E-state index in [4.69, 9.17) is 29.6 Å². The molecule has 0 unspecified atom stereocenters. The van der Waals surface area contributed by atoms with E-state index in [9.17, 15) is 4.79 Å². The van der Waals surface area contributed by atoms with Crippen LogP contribution in [0.1, 0.15) is 24.8 Å². The zero-order valence-corrected chi connectivity index (χ0v) is 11.3. The van der Waals surface area contributed by atoms with Crippen molar-refractivity contribution in [2.45, 2.75) is 25.3 Å². The van der Waals surface area contributed by atoms with Gasteiger partial charge in [-0.3, -0.25) is 0 Å². The summed E-state index contributed by atoms with van der Waals surface area (Å²) in [4.78, 5) is 12.0. The first-order chi connectivity index (χ1) is 8.56. The topological polar surface area (TPSA) is 67.1 Å². The van der Waals surface area contributed by atoms with Crippen LogP contribution in [0.25, 0.3) is 0 Å². The Balaban J connectivity index is 2.08. The highest BCUT2D eigenvalue weighted by atomic mass is 35.5. The summed E-state index contributed by atoms with van der Waals surface area (Å²) in [6.45, 7) is 0. The summed E-state index contributed by atoms with van der Waals surface area (Å²) in [6.07, 6.45) is 3.23. The van der Waals surface area contributed by atoms with Crippen LogP contribution < -0.4 is 16.4 Å². The van der Waals surface area contributed by atoms with Crippen LogP contribution in [0.5, 0.6) is 0 Å². The molecule has 1 saturated carbocycles. The summed E-state index contributed by atoms with van der Waals surface area (Å²) in [6, 6.07) is 5.04. The maximum Gasteiger partial charge on any atom is 0.319 e. The van der Waals surface area contributed by atoms with E-state index in [-0.39, 0.29) is 17.1 Å². The fourth-order valence-corrected chi connectivity index (χ4v) is 2.08. The van der Waals surface area contributed by atoms with Crippen LogP contribution in [0.15, 0.2) is 18.2 Å². The number of nitrogens with two attached hydrogens (primary N) is 1. The number of hydrogen-bond donors (Lipinski definition) is 3. The molecule has 1 aliphatic carbocycles. The number of benzene rings is 1. The van der Waals surface area contributed by atoms with Crippen LogP contribution in [-0.4, -0.2) is 17.1 Å². The van der Waals surface area contributed by atoms with E-state index in [0.717, 1.165) is 12.8 Å². The normalized spacial score (nSPS) is 14.7. The molecular weight excluding hydrogens is 270 g/mol. The highest BCUT2D eigenvalue weighted by Gasteiger charge is 2.19. The molecule has 1 aromatic carbocycles. The summed E-state index contributed by atoms with van der Waals surface area (Å²) in [7, 11) is 0. The van der Waals surface area contributed by atoms with Crippen LogP contribution >= 0.6 is 23.8 Å². The van der Waals surface area contributed by atoms with E-state index >= 15 is 0 Å². The Labute approximate surface area is 116 Å². The minimum Gasteiger partial charge on any atom is -0.389 e. The number of thiocarbonyl (C=S) groups is 1. The van der Waals surface area contributed by atoms with E-state index in [1.807, 2.05) is 0 Å². The molecule has 1 aliphatic rings. The average molecular weight is 284 g/mol. The Kier molecular flexibility index (Phi) is 4.04. The number of carbonyl (C=O) groups excluding carboxylic acids is 1. The second-order valence-corrected chi connectivity index (χ2v) is 5.16. The van der Waals surface area contributed by atoms with Gasteiger partial charge in [-0.15, -0.1) is 0 Å². The molecule has 1 aromatic rings. The summed E-state index contributed by atoms with van der Waals surface area (Å²) in [5.41, 5.74) is 6.74. The van der Waals surface area contributed by atoms with Crippen molar-refractivity contribution in [3.63, 3.8) is 0 Å². The number of urea groups is 1. The molecule has 4 N–H and O–H groups in total. The van der Waals surface area contributed by atoms with Crippen molar-refractivity contribution in [2.75, 3.05) is 5.32 Å². The van der Waals surface area contributed by atoms with Crippen molar-refractivity contribution in [1.82, 2.24) is 5.32 Å². The van der Waals surface area contributed by atoms with Gasteiger partial charge < -0.3 is 16.4 Å². The van der Waals surface area contributed by atoms with Crippen molar-refractivity contribution in [3.8, 4) is 0 Å². The molecule has 4 nitrogen and oxygen atoms in total. The lowest BCUT2D eigenvalue weighted by molar-refractivity contribution is 0.240. The Hall–Kier alpha value is -1.33. The van der Waals surface area contributed by atoms with Crippen LogP contribution in [-0.2, 0) is 0 Å². The number of anilines is 1. The van der Waals surface area contributed by atoms with Gasteiger partial charge in [0.25, 0.3) is 0 Å². The van der Waals surface area contributed by atoms with Gasteiger partial charge >= 0.3 is 6.03 Å². The molecule has 2 rings (SSSR count). The fraction of sp³-hybridized carbons (Fsp3) is 0.333. The maximum absolute atomic E-state index is 11.8. The van der Waals surface area contributed by atoms with Crippen LogP contribution in [0.4, 0.5) is 10.5 Å². The van der Waals surface area contributed by atoms with Crippen LogP contribution in [0, 0.1) is 0 Å². The molecular formula is C12H14ClN3OS. The molecule has 0 saturated heterocycles. The standard InChI is InChI=1S/C12H14ClN3OS/c13-7-4-5-9(11(14)18)10(6-7)16-12(17)15-8-2-1-3-8/h4-6,8H,1-3H2,(H2,14,18)(H2,15,16,17). The van der Waals surface area contributed by atoms with Crippen molar-refractivity contribution in [2.24, 2.45) is 5.73 Å². The Morgan fingerprint density at radius 1 is 1.44 bits per heavy atom. The summed E-state index contributed by atoms with van der Waals surface area (Å²) in [5, 5.41) is 6.13. The third-order valence-corrected chi connectivity index (χ3v) is 3.39. The van der Waals surface area contributed by atoms with Crippen LogP contribution in [0.3, 0.4) is 0 Å². The third-order valence-electron chi connectivity index (χ3n) is 2.94. The molecule has 0 aliphatic heterocycles. The zero-order valence-electron chi connectivity index (χ0n) is 9.70. The van der Waals surface area contributed by atoms with Gasteiger partial charge in [0.15, 0.2) is 0 Å². The molecule has 6 heteroatoms. The SMILES string of the molecule is NC(=S)c1ccc(Cl)cc1NC(=O)NC1CCC1. The molecule has 1 fully saturated rings. The summed E-state index contributed by atoms with van der Waals surface area (Å²) >= 11 is 10.8. The molecule has 2 amide bonds. The number of amides is 2. The third kappa shape index (κ3) is 3.11. The largest absolute Gasteiger partial charge is 0.389 e. The smallest absolute Gasteiger partial charge is 0.319 e. The summed E-state index contributed by atoms with van der Waals surface area (Å²) < 4.78 is 0. The first kappa shape index (κ1) is 13.1. The Bertz CT molecular complexity index is 488. The van der Waals surface area contributed by atoms with Crippen molar-refractivity contribution in [1.29, 1.82) is 0 Å². The predicted molar refractivity (Wildman–Crippen MR) is 77.1 cm³/mol. The Morgan fingerprint density at radius 3 is 2.72 bits per heavy atom. The number of hydrogen-bond acceptors (Lipinski definition) is 2. The van der Waals surface area contributed by atoms with Gasteiger partial charge in [0.2, 0.25) is 0 Å².